The predicted octanol–water partition coefficient (Wildman–Crippen LogP) is 0.465. The van der Waals surface area contributed by atoms with E-state index in [1.54, 1.807) is 29.4 Å². The number of amides is 1. The van der Waals surface area contributed by atoms with Crippen LogP contribution < -0.4 is 5.56 Å². The zero-order valence-electron chi connectivity index (χ0n) is 13.4. The van der Waals surface area contributed by atoms with Gasteiger partial charge in [-0.1, -0.05) is 5.16 Å². The zero-order valence-corrected chi connectivity index (χ0v) is 13.4. The molecule has 3 aromatic heterocycles. The van der Waals surface area contributed by atoms with Gasteiger partial charge in [-0.25, -0.2) is 4.68 Å². The minimum absolute atomic E-state index is 0.000399. The lowest BCUT2D eigenvalue weighted by Crippen LogP contribution is -2.49. The first-order chi connectivity index (χ1) is 12.1. The van der Waals surface area contributed by atoms with Gasteiger partial charge in [-0.2, -0.15) is 10.1 Å². The summed E-state index contributed by atoms with van der Waals surface area (Å²) in [6, 6.07) is 6.37. The number of carbonyl (C=O) groups excluding carboxylic acids is 1. The first-order valence-corrected chi connectivity index (χ1v) is 7.69. The highest BCUT2D eigenvalue weighted by atomic mass is 16.5. The molecule has 0 atom stereocenters. The number of nitrogens with zero attached hydrogens (tertiary/aromatic N) is 6. The first-order valence-electron chi connectivity index (χ1n) is 7.69. The average molecular weight is 338 g/mol. The third kappa shape index (κ3) is 2.80. The second-order valence-corrected chi connectivity index (χ2v) is 5.78. The van der Waals surface area contributed by atoms with Crippen molar-refractivity contribution >= 4 is 5.91 Å². The lowest BCUT2D eigenvalue weighted by Gasteiger charge is -2.36. The number of hydrogen-bond donors (Lipinski definition) is 0. The fraction of sp³-hybridized carbons (Fsp3) is 0.250. The molecule has 0 saturated carbocycles. The number of rotatable bonds is 3. The van der Waals surface area contributed by atoms with Gasteiger partial charge < -0.3 is 9.42 Å². The van der Waals surface area contributed by atoms with Crippen LogP contribution in [-0.2, 0) is 7.05 Å². The Bertz CT molecular complexity index is 975. The summed E-state index contributed by atoms with van der Waals surface area (Å²) in [6.45, 7) is 0.947. The normalized spacial score (nSPS) is 14.4. The Kier molecular flexibility index (Phi) is 3.60. The van der Waals surface area contributed by atoms with E-state index in [1.807, 2.05) is 0 Å². The summed E-state index contributed by atoms with van der Waals surface area (Å²) in [4.78, 5) is 33.7. The van der Waals surface area contributed by atoms with Crippen LogP contribution in [-0.4, -0.2) is 48.8 Å². The van der Waals surface area contributed by atoms with E-state index in [9.17, 15) is 9.59 Å². The minimum atomic E-state index is -0.257. The Hall–Kier alpha value is -3.36. The monoisotopic (exact) mass is 338 g/mol. The highest BCUT2D eigenvalue weighted by molar-refractivity contribution is 5.92. The summed E-state index contributed by atoms with van der Waals surface area (Å²) in [6.07, 6.45) is 3.32. The second kappa shape index (κ2) is 5.93. The Balaban J connectivity index is 1.43. The predicted molar refractivity (Wildman–Crippen MR) is 85.7 cm³/mol. The molecule has 25 heavy (non-hydrogen) atoms. The van der Waals surface area contributed by atoms with Gasteiger partial charge in [0.1, 0.15) is 5.69 Å². The Morgan fingerprint density at radius 2 is 1.96 bits per heavy atom. The SMILES string of the molecule is Cn1nc(C(=O)N2CC(c3nc(-c4ccncc4)no3)C2)ccc1=O. The molecule has 1 saturated heterocycles. The summed E-state index contributed by atoms with van der Waals surface area (Å²) in [5, 5.41) is 7.94. The Morgan fingerprint density at radius 1 is 1.20 bits per heavy atom. The van der Waals surface area contributed by atoms with Crippen molar-refractivity contribution in [2.45, 2.75) is 5.92 Å². The molecule has 4 heterocycles. The number of hydrogen-bond acceptors (Lipinski definition) is 7. The van der Waals surface area contributed by atoms with Crippen LogP contribution in [0.4, 0.5) is 0 Å². The summed E-state index contributed by atoms with van der Waals surface area (Å²) in [5.74, 6) is 0.784. The molecule has 0 aliphatic carbocycles. The maximum atomic E-state index is 12.4. The van der Waals surface area contributed by atoms with Crippen molar-refractivity contribution in [1.29, 1.82) is 0 Å². The van der Waals surface area contributed by atoms with Crippen LogP contribution in [0.1, 0.15) is 22.3 Å². The largest absolute Gasteiger partial charge is 0.339 e. The molecule has 0 aromatic carbocycles. The maximum absolute atomic E-state index is 12.4. The average Bonchev–Trinajstić information content (AvgIpc) is 3.06. The maximum Gasteiger partial charge on any atom is 0.274 e. The van der Waals surface area contributed by atoms with Crippen molar-refractivity contribution < 1.29 is 9.32 Å². The van der Waals surface area contributed by atoms with Gasteiger partial charge in [0.05, 0.1) is 5.92 Å². The van der Waals surface area contributed by atoms with Crippen LogP contribution in [0.25, 0.3) is 11.4 Å². The second-order valence-electron chi connectivity index (χ2n) is 5.78. The van der Waals surface area contributed by atoms with Gasteiger partial charge in [-0.05, 0) is 18.2 Å². The van der Waals surface area contributed by atoms with E-state index in [0.29, 0.717) is 24.8 Å². The molecule has 9 nitrogen and oxygen atoms in total. The molecular formula is C16H14N6O3. The third-order valence-corrected chi connectivity index (χ3v) is 4.08. The van der Waals surface area contributed by atoms with Gasteiger partial charge in [0.2, 0.25) is 11.7 Å². The van der Waals surface area contributed by atoms with Crippen LogP contribution >= 0.6 is 0 Å². The molecule has 1 aliphatic rings. The summed E-state index contributed by atoms with van der Waals surface area (Å²) in [7, 11) is 1.51. The van der Waals surface area contributed by atoms with Gasteiger partial charge >= 0.3 is 0 Å². The Labute approximate surface area is 141 Å². The van der Waals surface area contributed by atoms with E-state index in [1.165, 1.54) is 19.2 Å². The zero-order chi connectivity index (χ0) is 17.4. The lowest BCUT2D eigenvalue weighted by atomic mass is 9.99. The first kappa shape index (κ1) is 15.2. The van der Waals surface area contributed by atoms with E-state index in [4.69, 9.17) is 4.52 Å². The lowest BCUT2D eigenvalue weighted by molar-refractivity contribution is 0.0560. The molecule has 0 spiro atoms. The molecule has 1 fully saturated rings. The van der Waals surface area contributed by atoms with Gasteiger partial charge in [0.25, 0.3) is 11.5 Å². The molecule has 126 valence electrons. The molecule has 0 N–H and O–H groups in total. The smallest absolute Gasteiger partial charge is 0.274 e. The van der Waals surface area contributed by atoms with Crippen molar-refractivity contribution in [2.75, 3.05) is 13.1 Å². The molecule has 0 bridgehead atoms. The molecule has 1 aliphatic heterocycles. The topological polar surface area (TPSA) is 107 Å². The number of pyridine rings is 1. The molecule has 0 radical (unpaired) electrons. The van der Waals surface area contributed by atoms with Crippen molar-refractivity contribution in [1.82, 2.24) is 29.8 Å². The third-order valence-electron chi connectivity index (χ3n) is 4.08. The van der Waals surface area contributed by atoms with Crippen molar-refractivity contribution in [3.8, 4) is 11.4 Å². The van der Waals surface area contributed by atoms with Crippen LogP contribution in [0.15, 0.2) is 46.0 Å². The molecule has 9 heteroatoms. The van der Waals surface area contributed by atoms with Crippen LogP contribution in [0.2, 0.25) is 0 Å². The van der Waals surface area contributed by atoms with E-state index in [0.717, 1.165) is 10.2 Å². The quantitative estimate of drug-likeness (QED) is 0.683. The van der Waals surface area contributed by atoms with Crippen LogP contribution in [0, 0.1) is 0 Å². The highest BCUT2D eigenvalue weighted by Crippen LogP contribution is 2.28. The molecule has 0 unspecified atom stereocenters. The number of likely N-dealkylation sites (tertiary alicyclic amines) is 1. The van der Waals surface area contributed by atoms with E-state index in [2.05, 4.69) is 20.2 Å². The molecule has 1 amide bonds. The van der Waals surface area contributed by atoms with Gasteiger partial charge in [0.15, 0.2) is 0 Å². The van der Waals surface area contributed by atoms with E-state index < -0.39 is 0 Å². The van der Waals surface area contributed by atoms with E-state index in [-0.39, 0.29) is 23.1 Å². The number of carbonyl (C=O) groups is 1. The highest BCUT2D eigenvalue weighted by Gasteiger charge is 2.36. The number of aromatic nitrogens is 5. The van der Waals surface area contributed by atoms with E-state index >= 15 is 0 Å². The molecular weight excluding hydrogens is 324 g/mol. The molecule has 3 aromatic rings. The fourth-order valence-corrected chi connectivity index (χ4v) is 2.60. The van der Waals surface area contributed by atoms with Crippen molar-refractivity contribution in [2.24, 2.45) is 7.05 Å². The standard InChI is InChI=1S/C16H14N6O3/c1-21-13(23)3-2-12(19-21)16(24)22-8-11(9-22)15-18-14(20-25-15)10-4-6-17-7-5-10/h2-7,11H,8-9H2,1H3. The Morgan fingerprint density at radius 3 is 2.68 bits per heavy atom. The van der Waals surface area contributed by atoms with Crippen LogP contribution in [0.5, 0.6) is 0 Å². The summed E-state index contributed by atoms with van der Waals surface area (Å²) >= 11 is 0. The fourth-order valence-electron chi connectivity index (χ4n) is 2.60. The van der Waals surface area contributed by atoms with Gasteiger partial charge in [-0.3, -0.25) is 14.6 Å². The van der Waals surface area contributed by atoms with Gasteiger partial charge in [-0.15, -0.1) is 0 Å². The van der Waals surface area contributed by atoms with Crippen molar-refractivity contribution in [3.05, 3.63) is 58.6 Å². The van der Waals surface area contributed by atoms with Gasteiger partial charge in [0, 0.05) is 44.2 Å². The van der Waals surface area contributed by atoms with Crippen molar-refractivity contribution in [3.63, 3.8) is 0 Å². The molecule has 4 rings (SSSR count). The summed E-state index contributed by atoms with van der Waals surface area (Å²) < 4.78 is 6.45. The minimum Gasteiger partial charge on any atom is -0.339 e. The number of aryl methyl sites for hydroxylation is 1. The van der Waals surface area contributed by atoms with Crippen LogP contribution in [0.3, 0.4) is 0 Å². The summed E-state index contributed by atoms with van der Waals surface area (Å²) in [5.41, 5.74) is 0.808.